The minimum atomic E-state index is -0.589. The van der Waals surface area contributed by atoms with Crippen molar-refractivity contribution in [3.8, 4) is 0 Å². The zero-order chi connectivity index (χ0) is 12.2. The molecule has 0 saturated heterocycles. The minimum Gasteiger partial charge on any atom is -0.389 e. The Morgan fingerprint density at radius 3 is 2.75 bits per heavy atom. The molecule has 0 aliphatic carbocycles. The van der Waals surface area contributed by atoms with E-state index in [9.17, 15) is 5.11 Å². The lowest BCUT2D eigenvalue weighted by molar-refractivity contribution is 0.0477. The minimum absolute atomic E-state index is 0.323. The van der Waals surface area contributed by atoms with E-state index in [1.54, 1.807) is 11.3 Å². The Morgan fingerprint density at radius 2 is 2.25 bits per heavy atom. The number of rotatable bonds is 6. The van der Waals surface area contributed by atoms with Crippen LogP contribution in [0.1, 0.15) is 50.1 Å². The van der Waals surface area contributed by atoms with Crippen LogP contribution in [0.25, 0.3) is 0 Å². The average Bonchev–Trinajstić information content (AvgIpc) is 2.61. The molecular weight excluding hydrogens is 218 g/mol. The predicted molar refractivity (Wildman–Crippen MR) is 71.0 cm³/mol. The third kappa shape index (κ3) is 3.89. The average molecular weight is 241 g/mol. The quantitative estimate of drug-likeness (QED) is 0.801. The molecule has 0 fully saturated rings. The van der Waals surface area contributed by atoms with Crippen LogP contribution in [0, 0.1) is 6.92 Å². The van der Waals surface area contributed by atoms with Crippen LogP contribution < -0.4 is 5.32 Å². The van der Waals surface area contributed by atoms with Gasteiger partial charge in [0.15, 0.2) is 0 Å². The molecule has 2 atom stereocenters. The van der Waals surface area contributed by atoms with Gasteiger partial charge in [-0.05, 0) is 44.2 Å². The molecule has 0 saturated carbocycles. The molecule has 2 nitrogen and oxygen atoms in total. The van der Waals surface area contributed by atoms with Gasteiger partial charge < -0.3 is 10.4 Å². The smallest absolute Gasteiger partial charge is 0.0743 e. The lowest BCUT2D eigenvalue weighted by Crippen LogP contribution is -2.38. The van der Waals surface area contributed by atoms with E-state index in [2.05, 4.69) is 37.5 Å². The summed E-state index contributed by atoms with van der Waals surface area (Å²) >= 11 is 1.78. The molecule has 2 unspecified atom stereocenters. The van der Waals surface area contributed by atoms with Gasteiger partial charge in [0.05, 0.1) is 5.60 Å². The summed E-state index contributed by atoms with van der Waals surface area (Å²) in [7, 11) is 0. The molecule has 1 rings (SSSR count). The van der Waals surface area contributed by atoms with Crippen LogP contribution in [0.3, 0.4) is 0 Å². The first-order chi connectivity index (χ1) is 7.46. The van der Waals surface area contributed by atoms with Crippen molar-refractivity contribution in [2.75, 3.05) is 6.54 Å². The molecular formula is C13H23NOS. The van der Waals surface area contributed by atoms with Crippen molar-refractivity contribution in [3.05, 3.63) is 21.9 Å². The second-order valence-electron chi connectivity index (χ2n) is 4.82. The Labute approximate surface area is 103 Å². The maximum atomic E-state index is 10.1. The lowest BCUT2D eigenvalue weighted by Gasteiger charge is -2.25. The van der Waals surface area contributed by atoms with Crippen molar-refractivity contribution in [3.63, 3.8) is 0 Å². The molecule has 16 heavy (non-hydrogen) atoms. The van der Waals surface area contributed by atoms with E-state index >= 15 is 0 Å². The van der Waals surface area contributed by atoms with Crippen LogP contribution in [0.4, 0.5) is 0 Å². The van der Waals surface area contributed by atoms with Gasteiger partial charge in [-0.1, -0.05) is 13.3 Å². The van der Waals surface area contributed by atoms with Gasteiger partial charge >= 0.3 is 0 Å². The highest BCUT2D eigenvalue weighted by atomic mass is 32.1. The summed E-state index contributed by atoms with van der Waals surface area (Å²) in [5, 5.41) is 15.6. The molecule has 0 aromatic carbocycles. The van der Waals surface area contributed by atoms with E-state index in [4.69, 9.17) is 0 Å². The van der Waals surface area contributed by atoms with Crippen molar-refractivity contribution in [2.24, 2.45) is 0 Å². The van der Waals surface area contributed by atoms with Crippen LogP contribution >= 0.6 is 11.3 Å². The molecule has 3 heteroatoms. The van der Waals surface area contributed by atoms with Crippen molar-refractivity contribution < 1.29 is 5.11 Å². The summed E-state index contributed by atoms with van der Waals surface area (Å²) in [6, 6.07) is 2.46. The van der Waals surface area contributed by atoms with E-state index in [0.717, 1.165) is 12.8 Å². The Morgan fingerprint density at radius 1 is 1.56 bits per heavy atom. The van der Waals surface area contributed by atoms with Crippen LogP contribution in [0.5, 0.6) is 0 Å². The van der Waals surface area contributed by atoms with Gasteiger partial charge in [0.2, 0.25) is 0 Å². The molecule has 0 spiro atoms. The summed E-state index contributed by atoms with van der Waals surface area (Å²) in [5.41, 5.74) is 0.744. The second-order valence-corrected chi connectivity index (χ2v) is 5.77. The standard InChI is InChI=1S/C13H23NOS/c1-5-7-13(4,15)9-14-11(3)12-10(2)6-8-16-12/h6,8,11,14-15H,5,7,9H2,1-4H3. The first kappa shape index (κ1) is 13.7. The molecule has 0 radical (unpaired) electrons. The Hall–Kier alpha value is -0.380. The fourth-order valence-corrected chi connectivity index (χ4v) is 2.88. The van der Waals surface area contributed by atoms with Crippen molar-refractivity contribution >= 4 is 11.3 Å². The Kier molecular flexibility index (Phi) is 4.96. The molecule has 1 aromatic heterocycles. The molecule has 0 bridgehead atoms. The van der Waals surface area contributed by atoms with Crippen LogP contribution in [-0.2, 0) is 0 Å². The molecule has 0 aliphatic heterocycles. The summed E-state index contributed by atoms with van der Waals surface area (Å²) < 4.78 is 0. The highest BCUT2D eigenvalue weighted by Gasteiger charge is 2.20. The van der Waals surface area contributed by atoms with Crippen molar-refractivity contribution in [2.45, 2.75) is 52.2 Å². The number of nitrogens with one attached hydrogen (secondary N) is 1. The van der Waals surface area contributed by atoms with E-state index in [1.807, 2.05) is 6.92 Å². The molecule has 0 aliphatic rings. The predicted octanol–water partition coefficient (Wildman–Crippen LogP) is 3.26. The Bertz CT molecular complexity index is 319. The highest BCUT2D eigenvalue weighted by Crippen LogP contribution is 2.24. The third-order valence-electron chi connectivity index (χ3n) is 2.87. The zero-order valence-electron chi connectivity index (χ0n) is 10.7. The van der Waals surface area contributed by atoms with Gasteiger partial charge in [-0.25, -0.2) is 0 Å². The van der Waals surface area contributed by atoms with Gasteiger partial charge in [-0.2, -0.15) is 0 Å². The maximum absolute atomic E-state index is 10.1. The van der Waals surface area contributed by atoms with Gasteiger partial charge in [0, 0.05) is 17.5 Å². The number of aliphatic hydroxyl groups is 1. The summed E-state index contributed by atoms with van der Waals surface area (Å²) in [6.45, 7) is 8.94. The van der Waals surface area contributed by atoms with E-state index < -0.39 is 5.60 Å². The topological polar surface area (TPSA) is 32.3 Å². The largest absolute Gasteiger partial charge is 0.389 e. The fraction of sp³-hybridized carbons (Fsp3) is 0.692. The Balaban J connectivity index is 2.47. The monoisotopic (exact) mass is 241 g/mol. The van der Waals surface area contributed by atoms with Gasteiger partial charge in [0.1, 0.15) is 0 Å². The molecule has 0 amide bonds. The number of aryl methyl sites for hydroxylation is 1. The van der Waals surface area contributed by atoms with Crippen LogP contribution in [0.15, 0.2) is 11.4 Å². The zero-order valence-corrected chi connectivity index (χ0v) is 11.5. The first-order valence-electron chi connectivity index (χ1n) is 5.96. The van der Waals surface area contributed by atoms with E-state index in [0.29, 0.717) is 12.6 Å². The number of thiophene rings is 1. The second kappa shape index (κ2) is 5.80. The van der Waals surface area contributed by atoms with Gasteiger partial charge in [0.25, 0.3) is 0 Å². The summed E-state index contributed by atoms with van der Waals surface area (Å²) in [6.07, 6.45) is 1.86. The summed E-state index contributed by atoms with van der Waals surface area (Å²) in [5.74, 6) is 0. The molecule has 1 aromatic rings. The SMILES string of the molecule is CCCC(C)(O)CNC(C)c1sccc1C. The highest BCUT2D eigenvalue weighted by molar-refractivity contribution is 7.10. The number of hydrogen-bond donors (Lipinski definition) is 2. The van der Waals surface area contributed by atoms with E-state index in [-0.39, 0.29) is 0 Å². The molecule has 2 N–H and O–H groups in total. The molecule has 1 heterocycles. The van der Waals surface area contributed by atoms with Crippen molar-refractivity contribution in [1.82, 2.24) is 5.32 Å². The van der Waals surface area contributed by atoms with Gasteiger partial charge in [-0.15, -0.1) is 11.3 Å². The van der Waals surface area contributed by atoms with E-state index in [1.165, 1.54) is 10.4 Å². The first-order valence-corrected chi connectivity index (χ1v) is 6.84. The number of hydrogen-bond acceptors (Lipinski definition) is 3. The third-order valence-corrected chi connectivity index (χ3v) is 4.07. The van der Waals surface area contributed by atoms with Crippen LogP contribution in [0.2, 0.25) is 0 Å². The van der Waals surface area contributed by atoms with Gasteiger partial charge in [-0.3, -0.25) is 0 Å². The molecule has 92 valence electrons. The normalized spacial score (nSPS) is 17.1. The maximum Gasteiger partial charge on any atom is 0.0743 e. The van der Waals surface area contributed by atoms with Crippen molar-refractivity contribution in [1.29, 1.82) is 0 Å². The lowest BCUT2D eigenvalue weighted by atomic mass is 10.0. The fourth-order valence-electron chi connectivity index (χ4n) is 1.92. The van der Waals surface area contributed by atoms with Crippen LogP contribution in [-0.4, -0.2) is 17.3 Å². The summed E-state index contributed by atoms with van der Waals surface area (Å²) in [4.78, 5) is 1.37.